The van der Waals surface area contributed by atoms with Crippen molar-refractivity contribution in [3.8, 4) is 0 Å². The molecule has 0 aliphatic carbocycles. The van der Waals surface area contributed by atoms with Crippen LogP contribution in [0.15, 0.2) is 60.8 Å². The van der Waals surface area contributed by atoms with Crippen LogP contribution in [0.3, 0.4) is 0 Å². The number of H-pyrrole nitrogens is 1. The van der Waals surface area contributed by atoms with Crippen LogP contribution in [0.2, 0.25) is 0 Å². The highest BCUT2D eigenvalue weighted by Crippen LogP contribution is 2.22. The number of fused-ring (bicyclic) bond motifs is 1. The number of carbonyl (C=O) groups excluding carboxylic acids is 4. The minimum Gasteiger partial charge on any atom is -0.391 e. The molecule has 5 atom stereocenters. The number of para-hydroxylation sites is 1. The van der Waals surface area contributed by atoms with Crippen LogP contribution in [-0.2, 0) is 32.0 Å². The molecular formula is C34H46N6O5. The van der Waals surface area contributed by atoms with Crippen molar-refractivity contribution in [3.63, 3.8) is 0 Å². The van der Waals surface area contributed by atoms with E-state index in [2.05, 4.69) is 26.3 Å². The fraction of sp³-hybridized carbons (Fsp3) is 0.471. The molecule has 0 radical (unpaired) electrons. The third-order valence-corrected chi connectivity index (χ3v) is 8.39. The van der Waals surface area contributed by atoms with E-state index in [1.54, 1.807) is 0 Å². The second-order valence-corrected chi connectivity index (χ2v) is 12.0. The Morgan fingerprint density at radius 3 is 2.29 bits per heavy atom. The first-order valence-corrected chi connectivity index (χ1v) is 15.8. The normalized spacial score (nSPS) is 23.1. The summed E-state index contributed by atoms with van der Waals surface area (Å²) in [5.74, 6) is -2.53. The molecular weight excluding hydrogens is 572 g/mol. The van der Waals surface area contributed by atoms with E-state index in [9.17, 15) is 24.3 Å². The highest BCUT2D eigenvalue weighted by atomic mass is 16.3. The number of hydrogen-bond donors (Lipinski definition) is 7. The average Bonchev–Trinajstić information content (AvgIpc) is 3.43. The molecule has 2 heterocycles. The Balaban J connectivity index is 1.62. The van der Waals surface area contributed by atoms with Crippen LogP contribution in [0.1, 0.15) is 50.2 Å². The standard InChI is InChI=1S/C34H46N6O5/c1-22(41)30-18-31(42)37-20-25(15-23-9-3-2-4-10-23)33(44)38-21-26(16-24-19-36-29-13-6-5-12-28(24)29)34(45)39-27(11-7-8-14-35)17-32(43)40-30/h2-6,9-10,12-13,19,22,25-27,30,36,41H,7-8,11,14-18,20-21,35H2,1H3,(H,37,42)(H,38,44)(H,39,45)(H,40,43)/t22-,25+,26+,27+,30-/m1/s1. The van der Waals surface area contributed by atoms with Gasteiger partial charge in [-0.25, -0.2) is 0 Å². The average molecular weight is 619 g/mol. The molecule has 11 nitrogen and oxygen atoms in total. The van der Waals surface area contributed by atoms with Crippen molar-refractivity contribution in [2.45, 2.75) is 70.1 Å². The molecule has 4 amide bonds. The summed E-state index contributed by atoms with van der Waals surface area (Å²) in [6, 6.07) is 16.0. The third-order valence-electron chi connectivity index (χ3n) is 8.39. The third kappa shape index (κ3) is 10.2. The highest BCUT2D eigenvalue weighted by molar-refractivity contribution is 5.87. The van der Waals surface area contributed by atoms with Gasteiger partial charge in [-0.2, -0.15) is 0 Å². The number of amides is 4. The summed E-state index contributed by atoms with van der Waals surface area (Å²) < 4.78 is 0. The first kappa shape index (κ1) is 33.7. The zero-order valence-corrected chi connectivity index (χ0v) is 25.9. The number of unbranched alkanes of at least 4 members (excludes halogenated alkanes) is 1. The molecule has 4 rings (SSSR count). The quantitative estimate of drug-likeness (QED) is 0.179. The van der Waals surface area contributed by atoms with E-state index in [-0.39, 0.29) is 49.6 Å². The van der Waals surface area contributed by atoms with E-state index in [1.165, 1.54) is 6.92 Å². The van der Waals surface area contributed by atoms with Crippen molar-refractivity contribution in [3.05, 3.63) is 71.9 Å². The Morgan fingerprint density at radius 2 is 1.53 bits per heavy atom. The maximum absolute atomic E-state index is 13.9. The largest absolute Gasteiger partial charge is 0.391 e. The van der Waals surface area contributed by atoms with Crippen molar-refractivity contribution < 1.29 is 24.3 Å². The molecule has 3 aromatic rings. The molecule has 1 fully saturated rings. The monoisotopic (exact) mass is 618 g/mol. The maximum atomic E-state index is 13.9. The molecule has 1 aromatic heterocycles. The molecule has 0 spiro atoms. The smallest absolute Gasteiger partial charge is 0.225 e. The molecule has 1 saturated heterocycles. The van der Waals surface area contributed by atoms with Crippen LogP contribution >= 0.6 is 0 Å². The van der Waals surface area contributed by atoms with Crippen LogP contribution in [0.5, 0.6) is 0 Å². The number of rotatable bonds is 9. The van der Waals surface area contributed by atoms with E-state index < -0.39 is 30.0 Å². The second-order valence-electron chi connectivity index (χ2n) is 12.0. The van der Waals surface area contributed by atoms with Crippen LogP contribution in [-0.4, -0.2) is 71.5 Å². The summed E-state index contributed by atoms with van der Waals surface area (Å²) in [4.78, 5) is 56.9. The van der Waals surface area contributed by atoms with E-state index in [0.717, 1.165) is 28.5 Å². The summed E-state index contributed by atoms with van der Waals surface area (Å²) in [6.07, 6.45) is 3.44. The molecule has 242 valence electrons. The molecule has 0 unspecified atom stereocenters. The van der Waals surface area contributed by atoms with Crippen molar-refractivity contribution in [2.75, 3.05) is 19.6 Å². The van der Waals surface area contributed by atoms with Crippen LogP contribution in [0.25, 0.3) is 10.9 Å². The number of aromatic nitrogens is 1. The fourth-order valence-corrected chi connectivity index (χ4v) is 5.77. The topological polar surface area (TPSA) is 178 Å². The second kappa shape index (κ2) is 16.7. The number of nitrogens with two attached hydrogens (primary N) is 1. The van der Waals surface area contributed by atoms with Gasteiger partial charge < -0.3 is 37.1 Å². The maximum Gasteiger partial charge on any atom is 0.225 e. The molecule has 0 bridgehead atoms. The van der Waals surface area contributed by atoms with Gasteiger partial charge in [0.25, 0.3) is 0 Å². The summed E-state index contributed by atoms with van der Waals surface area (Å²) in [6.45, 7) is 2.14. The van der Waals surface area contributed by atoms with Gasteiger partial charge in [0.15, 0.2) is 0 Å². The molecule has 1 aliphatic heterocycles. The lowest BCUT2D eigenvalue weighted by atomic mass is 9.95. The minimum absolute atomic E-state index is 0.0214. The van der Waals surface area contributed by atoms with Gasteiger partial charge in [0.05, 0.1) is 24.0 Å². The summed E-state index contributed by atoms with van der Waals surface area (Å²) >= 11 is 0. The lowest BCUT2D eigenvalue weighted by molar-refractivity contribution is -0.128. The number of benzene rings is 2. The van der Waals surface area contributed by atoms with Crippen LogP contribution in [0.4, 0.5) is 0 Å². The van der Waals surface area contributed by atoms with Gasteiger partial charge in [0.1, 0.15) is 0 Å². The first-order chi connectivity index (χ1) is 21.7. The number of aliphatic hydroxyl groups excluding tert-OH is 1. The zero-order valence-electron chi connectivity index (χ0n) is 25.9. The van der Waals surface area contributed by atoms with E-state index in [0.29, 0.717) is 32.2 Å². The highest BCUT2D eigenvalue weighted by Gasteiger charge is 2.29. The zero-order chi connectivity index (χ0) is 32.2. The number of aromatic amines is 1. The van der Waals surface area contributed by atoms with E-state index in [4.69, 9.17) is 5.73 Å². The Labute approximate surface area is 264 Å². The molecule has 0 saturated carbocycles. The van der Waals surface area contributed by atoms with Crippen LogP contribution < -0.4 is 27.0 Å². The van der Waals surface area contributed by atoms with Crippen LogP contribution in [0, 0.1) is 11.8 Å². The van der Waals surface area contributed by atoms with Crippen molar-refractivity contribution in [2.24, 2.45) is 17.6 Å². The van der Waals surface area contributed by atoms with E-state index >= 15 is 0 Å². The fourth-order valence-electron chi connectivity index (χ4n) is 5.77. The van der Waals surface area contributed by atoms with Crippen molar-refractivity contribution in [1.29, 1.82) is 0 Å². The number of aliphatic hydroxyl groups is 1. The van der Waals surface area contributed by atoms with Gasteiger partial charge in [-0.3, -0.25) is 19.2 Å². The molecule has 11 heteroatoms. The number of carbonyl (C=O) groups is 4. The minimum atomic E-state index is -0.993. The van der Waals surface area contributed by atoms with Crippen molar-refractivity contribution >= 4 is 34.5 Å². The Bertz CT molecular complexity index is 1420. The van der Waals surface area contributed by atoms with Gasteiger partial charge in [-0.1, -0.05) is 55.0 Å². The lowest BCUT2D eigenvalue weighted by Crippen LogP contribution is -2.50. The lowest BCUT2D eigenvalue weighted by Gasteiger charge is -2.27. The number of nitrogens with one attached hydrogen (secondary N) is 5. The van der Waals surface area contributed by atoms with Gasteiger partial charge in [0.2, 0.25) is 23.6 Å². The Hall–Kier alpha value is -4.22. The van der Waals surface area contributed by atoms with Gasteiger partial charge in [-0.05, 0) is 56.3 Å². The summed E-state index contributed by atoms with van der Waals surface area (Å²) in [7, 11) is 0. The van der Waals surface area contributed by atoms with Gasteiger partial charge in [0, 0.05) is 49.1 Å². The Morgan fingerprint density at radius 1 is 0.822 bits per heavy atom. The van der Waals surface area contributed by atoms with E-state index in [1.807, 2.05) is 60.8 Å². The molecule has 1 aliphatic rings. The molecule has 45 heavy (non-hydrogen) atoms. The summed E-state index contributed by atoms with van der Waals surface area (Å²) in [5.41, 5.74) is 8.53. The SMILES string of the molecule is C[C@@H](O)[C@H]1CC(=O)NC[C@H](Cc2ccccc2)C(=O)NC[C@H](Cc2c[nH]c3ccccc23)C(=O)N[C@@H](CCCCN)CC(=O)N1. The Kier molecular flexibility index (Phi) is 12.5. The molecule has 8 N–H and O–H groups in total. The predicted molar refractivity (Wildman–Crippen MR) is 173 cm³/mol. The molecule has 2 aromatic carbocycles. The predicted octanol–water partition coefficient (Wildman–Crippen LogP) is 1.69. The first-order valence-electron chi connectivity index (χ1n) is 15.8. The van der Waals surface area contributed by atoms with Crippen molar-refractivity contribution in [1.82, 2.24) is 26.3 Å². The van der Waals surface area contributed by atoms with Gasteiger partial charge in [-0.15, -0.1) is 0 Å². The van der Waals surface area contributed by atoms with Gasteiger partial charge >= 0.3 is 0 Å². The number of hydrogen-bond acceptors (Lipinski definition) is 6. The summed E-state index contributed by atoms with van der Waals surface area (Å²) in [5, 5.41) is 23.0.